The van der Waals surface area contributed by atoms with Crippen molar-refractivity contribution in [3.8, 4) is 34.3 Å². The number of methoxy groups -OCH3 is 1. The molecule has 5 atom stereocenters. The predicted octanol–water partition coefficient (Wildman–Crippen LogP) is 0.0585. The van der Waals surface area contributed by atoms with E-state index in [0.717, 1.165) is 12.1 Å². The van der Waals surface area contributed by atoms with E-state index in [0.29, 0.717) is 11.3 Å². The number of hydrogen-bond acceptors (Lipinski definition) is 11. The van der Waals surface area contributed by atoms with E-state index in [4.69, 9.17) is 18.6 Å². The van der Waals surface area contributed by atoms with Crippen molar-refractivity contribution in [3.05, 3.63) is 46.6 Å². The van der Waals surface area contributed by atoms with Crippen LogP contribution in [0.1, 0.15) is 0 Å². The van der Waals surface area contributed by atoms with Crippen LogP contribution in [0.5, 0.6) is 23.0 Å². The van der Waals surface area contributed by atoms with E-state index in [-0.39, 0.29) is 22.5 Å². The molecule has 0 saturated carbocycles. The Hall–Kier alpha value is -3.35. The maximum Gasteiger partial charge on any atom is 0.239 e. The molecule has 176 valence electrons. The first-order valence-corrected chi connectivity index (χ1v) is 9.89. The summed E-state index contributed by atoms with van der Waals surface area (Å²) in [5.41, 5.74) is -0.641. The van der Waals surface area contributed by atoms with Gasteiger partial charge in [0.25, 0.3) is 0 Å². The number of fused-ring (bicyclic) bond motifs is 1. The first-order valence-electron chi connectivity index (χ1n) is 9.89. The van der Waals surface area contributed by atoms with Gasteiger partial charge in [0, 0.05) is 17.7 Å². The zero-order valence-corrected chi connectivity index (χ0v) is 17.3. The summed E-state index contributed by atoms with van der Waals surface area (Å²) in [6, 6.07) is 8.40. The van der Waals surface area contributed by atoms with Crippen molar-refractivity contribution in [1.82, 2.24) is 0 Å². The summed E-state index contributed by atoms with van der Waals surface area (Å²) in [5.74, 6) is -0.992. The molecule has 3 aromatic rings. The van der Waals surface area contributed by atoms with Crippen LogP contribution in [0.15, 0.2) is 45.6 Å². The number of benzene rings is 2. The quantitative estimate of drug-likeness (QED) is 0.302. The molecule has 1 aliphatic rings. The Kier molecular flexibility index (Phi) is 6.15. The topological polar surface area (TPSA) is 179 Å². The fourth-order valence-electron chi connectivity index (χ4n) is 3.59. The van der Waals surface area contributed by atoms with Crippen LogP contribution < -0.4 is 14.9 Å². The van der Waals surface area contributed by atoms with Crippen molar-refractivity contribution < 1.29 is 49.3 Å². The molecule has 11 nitrogen and oxygen atoms in total. The highest BCUT2D eigenvalue weighted by Gasteiger charge is 2.45. The molecule has 33 heavy (non-hydrogen) atoms. The Bertz CT molecular complexity index is 1200. The minimum absolute atomic E-state index is 0.128. The van der Waals surface area contributed by atoms with Crippen LogP contribution in [-0.2, 0) is 4.74 Å². The largest absolute Gasteiger partial charge is 0.508 e. The molecule has 0 amide bonds. The van der Waals surface area contributed by atoms with Gasteiger partial charge in [0.2, 0.25) is 17.5 Å². The molecule has 4 rings (SSSR count). The van der Waals surface area contributed by atoms with Gasteiger partial charge in [-0.2, -0.15) is 0 Å². The summed E-state index contributed by atoms with van der Waals surface area (Å²) in [6.45, 7) is -0.692. The monoisotopic (exact) mass is 462 g/mol. The Morgan fingerprint density at radius 3 is 2.33 bits per heavy atom. The van der Waals surface area contributed by atoms with E-state index in [1.54, 1.807) is 24.3 Å². The van der Waals surface area contributed by atoms with E-state index < -0.39 is 54.2 Å². The average Bonchev–Trinajstić information content (AvgIpc) is 2.80. The van der Waals surface area contributed by atoms with Crippen LogP contribution in [0.3, 0.4) is 0 Å². The highest BCUT2D eigenvalue weighted by molar-refractivity contribution is 5.88. The maximum absolute atomic E-state index is 13.3. The predicted molar refractivity (Wildman–Crippen MR) is 112 cm³/mol. The Labute approximate surface area is 186 Å². The van der Waals surface area contributed by atoms with Crippen molar-refractivity contribution in [2.75, 3.05) is 13.7 Å². The second-order valence-electron chi connectivity index (χ2n) is 7.47. The van der Waals surface area contributed by atoms with Crippen LogP contribution >= 0.6 is 0 Å². The second kappa shape index (κ2) is 8.89. The Balaban J connectivity index is 1.88. The molecule has 1 aromatic heterocycles. The van der Waals surface area contributed by atoms with E-state index >= 15 is 0 Å². The molecule has 1 saturated heterocycles. The number of phenols is 2. The number of hydrogen-bond donors (Lipinski definition) is 6. The highest BCUT2D eigenvalue weighted by Crippen LogP contribution is 2.37. The summed E-state index contributed by atoms with van der Waals surface area (Å²) in [6.07, 6.45) is -8.07. The fourth-order valence-corrected chi connectivity index (χ4v) is 3.59. The molecule has 1 fully saturated rings. The van der Waals surface area contributed by atoms with E-state index in [1.807, 2.05) is 0 Å². The molecule has 2 unspecified atom stereocenters. The third-order valence-electron chi connectivity index (χ3n) is 5.35. The Morgan fingerprint density at radius 2 is 1.70 bits per heavy atom. The SMILES string of the molecule is COc1ccc(-c2oc3cc(O)cc(O)c3c(=O)c2O[C@H]2O[C@H](CO)[C@H](O)C(O)C2O)cc1. The first-order chi connectivity index (χ1) is 15.7. The lowest BCUT2D eigenvalue weighted by atomic mass is 9.99. The van der Waals surface area contributed by atoms with Crippen LogP contribution in [-0.4, -0.2) is 75.1 Å². The molecule has 2 aromatic carbocycles. The molecule has 0 radical (unpaired) electrons. The zero-order valence-electron chi connectivity index (χ0n) is 17.3. The van der Waals surface area contributed by atoms with Gasteiger partial charge in [0.15, 0.2) is 5.76 Å². The van der Waals surface area contributed by atoms with Gasteiger partial charge in [-0.15, -0.1) is 0 Å². The molecular formula is C22H22O11. The minimum atomic E-state index is -1.78. The van der Waals surface area contributed by atoms with Crippen LogP contribution in [0.25, 0.3) is 22.3 Å². The summed E-state index contributed by atoms with van der Waals surface area (Å²) in [4.78, 5) is 13.3. The van der Waals surface area contributed by atoms with Gasteiger partial charge in [-0.3, -0.25) is 4.79 Å². The van der Waals surface area contributed by atoms with Gasteiger partial charge in [-0.25, -0.2) is 0 Å². The summed E-state index contributed by atoms with van der Waals surface area (Å²) >= 11 is 0. The zero-order chi connectivity index (χ0) is 23.9. The van der Waals surface area contributed by atoms with Gasteiger partial charge in [0.05, 0.1) is 13.7 Å². The molecule has 2 heterocycles. The molecule has 11 heteroatoms. The van der Waals surface area contributed by atoms with Gasteiger partial charge >= 0.3 is 0 Å². The van der Waals surface area contributed by atoms with Gasteiger partial charge in [-0.1, -0.05) is 0 Å². The van der Waals surface area contributed by atoms with Crippen molar-refractivity contribution >= 4 is 11.0 Å². The summed E-state index contributed by atoms with van der Waals surface area (Å²) in [5, 5.41) is 59.5. The lowest BCUT2D eigenvalue weighted by Crippen LogP contribution is -2.60. The van der Waals surface area contributed by atoms with Crippen LogP contribution in [0.2, 0.25) is 0 Å². The molecule has 0 spiro atoms. The van der Waals surface area contributed by atoms with Crippen molar-refractivity contribution in [2.45, 2.75) is 30.7 Å². The van der Waals surface area contributed by atoms with Crippen molar-refractivity contribution in [2.24, 2.45) is 0 Å². The molecular weight excluding hydrogens is 440 g/mol. The van der Waals surface area contributed by atoms with E-state index in [1.165, 1.54) is 7.11 Å². The number of aliphatic hydroxyl groups excluding tert-OH is 4. The van der Waals surface area contributed by atoms with Crippen LogP contribution in [0.4, 0.5) is 0 Å². The number of rotatable bonds is 5. The third-order valence-corrected chi connectivity index (χ3v) is 5.35. The van der Waals surface area contributed by atoms with Crippen molar-refractivity contribution in [3.63, 3.8) is 0 Å². The highest BCUT2D eigenvalue weighted by atomic mass is 16.7. The van der Waals surface area contributed by atoms with Gasteiger partial charge in [-0.05, 0) is 24.3 Å². The number of aliphatic hydroxyl groups is 4. The average molecular weight is 462 g/mol. The Morgan fingerprint density at radius 1 is 1.00 bits per heavy atom. The lowest BCUT2D eigenvalue weighted by molar-refractivity contribution is -0.277. The van der Waals surface area contributed by atoms with E-state index in [2.05, 4.69) is 0 Å². The molecule has 6 N–H and O–H groups in total. The second-order valence-corrected chi connectivity index (χ2v) is 7.47. The van der Waals surface area contributed by atoms with Gasteiger partial charge < -0.3 is 49.3 Å². The van der Waals surface area contributed by atoms with Gasteiger partial charge in [0.1, 0.15) is 52.6 Å². The van der Waals surface area contributed by atoms with Crippen LogP contribution in [0, 0.1) is 0 Å². The normalized spacial score (nSPS) is 25.2. The fraction of sp³-hybridized carbons (Fsp3) is 0.318. The van der Waals surface area contributed by atoms with Crippen molar-refractivity contribution in [1.29, 1.82) is 0 Å². The lowest BCUT2D eigenvalue weighted by Gasteiger charge is -2.39. The summed E-state index contributed by atoms with van der Waals surface area (Å²) in [7, 11) is 1.48. The number of aromatic hydroxyl groups is 2. The summed E-state index contributed by atoms with van der Waals surface area (Å²) < 4.78 is 21.9. The minimum Gasteiger partial charge on any atom is -0.508 e. The maximum atomic E-state index is 13.3. The smallest absolute Gasteiger partial charge is 0.239 e. The molecule has 0 bridgehead atoms. The number of phenolic OH excluding ortho intramolecular Hbond substituents is 2. The number of ether oxygens (including phenoxy) is 3. The first kappa shape index (κ1) is 22.8. The molecule has 0 aliphatic carbocycles. The molecule has 1 aliphatic heterocycles. The van der Waals surface area contributed by atoms with E-state index in [9.17, 15) is 35.4 Å². The standard InChI is InChI=1S/C22H22O11/c1-30-11-4-2-9(3-5-11)20-21(17(27)15-12(25)6-10(24)7-13(15)31-20)33-22-19(29)18(28)16(26)14(8-23)32-22/h2-7,14,16,18-19,22-26,28-29H,8H2,1H3/t14-,16+,18?,19?,22-/m1/s1. The third kappa shape index (κ3) is 4.08.